The van der Waals surface area contributed by atoms with Crippen LogP contribution in [-0.2, 0) is 4.79 Å². The number of carbonyl (C=O) groups excluding carboxylic acids is 1. The van der Waals surface area contributed by atoms with Crippen molar-refractivity contribution in [2.45, 2.75) is 42.8 Å². The Morgan fingerprint density at radius 2 is 1.87 bits per heavy atom. The fourth-order valence-corrected chi connectivity index (χ4v) is 6.10. The van der Waals surface area contributed by atoms with E-state index >= 15 is 0 Å². The molecule has 4 fully saturated rings. The molecule has 0 aromatic carbocycles. The Balaban J connectivity index is 1.96. The number of carbonyl (C=O) groups is 1. The Morgan fingerprint density at radius 3 is 2.33 bits per heavy atom. The fraction of sp³-hybridized carbons (Fsp3) is 0.917. The van der Waals surface area contributed by atoms with Crippen LogP contribution in [0.5, 0.6) is 0 Å². The lowest BCUT2D eigenvalue weighted by atomic mass is 9.48. The Hall–Kier alpha value is 0.110. The van der Waals surface area contributed by atoms with Gasteiger partial charge in [-0.15, -0.1) is 0 Å². The van der Waals surface area contributed by atoms with Gasteiger partial charge in [-0.2, -0.15) is 0 Å². The molecule has 2 nitrogen and oxygen atoms in total. The predicted molar refractivity (Wildman–Crippen MR) is 60.9 cm³/mol. The van der Waals surface area contributed by atoms with Crippen LogP contribution in [0.1, 0.15) is 38.5 Å². The van der Waals surface area contributed by atoms with E-state index in [9.17, 15) is 4.79 Å². The van der Waals surface area contributed by atoms with Crippen LogP contribution in [-0.4, -0.2) is 21.8 Å². The molecular formula is C12H17BrO2. The topological polar surface area (TPSA) is 37.3 Å². The minimum Gasteiger partial charge on any atom is -0.389 e. The van der Waals surface area contributed by atoms with Crippen LogP contribution in [0.15, 0.2) is 0 Å². The lowest BCUT2D eigenvalue weighted by Crippen LogP contribution is -2.56. The first-order chi connectivity index (χ1) is 7.05. The van der Waals surface area contributed by atoms with Crippen molar-refractivity contribution >= 4 is 21.7 Å². The van der Waals surface area contributed by atoms with Gasteiger partial charge in [0.2, 0.25) is 0 Å². The Bertz CT molecular complexity index is 299. The molecule has 4 saturated carbocycles. The molecule has 4 bridgehead atoms. The van der Waals surface area contributed by atoms with Gasteiger partial charge in [-0.3, -0.25) is 4.79 Å². The smallest absolute Gasteiger partial charge is 0.164 e. The van der Waals surface area contributed by atoms with Gasteiger partial charge in [0, 0.05) is 9.74 Å². The van der Waals surface area contributed by atoms with Crippen molar-refractivity contribution in [3.8, 4) is 0 Å². The van der Waals surface area contributed by atoms with Crippen LogP contribution in [0.25, 0.3) is 0 Å². The second-order valence-corrected chi connectivity index (χ2v) is 7.66. The zero-order valence-electron chi connectivity index (χ0n) is 8.84. The number of hydrogen-bond donors (Lipinski definition) is 1. The first-order valence-electron chi connectivity index (χ1n) is 5.88. The van der Waals surface area contributed by atoms with Crippen LogP contribution >= 0.6 is 15.9 Å². The molecule has 15 heavy (non-hydrogen) atoms. The highest BCUT2D eigenvalue weighted by molar-refractivity contribution is 9.10. The molecule has 3 heteroatoms. The lowest BCUT2D eigenvalue weighted by molar-refractivity contribution is -0.144. The summed E-state index contributed by atoms with van der Waals surface area (Å²) in [5.41, 5.74) is -0.164. The van der Waals surface area contributed by atoms with Gasteiger partial charge in [-0.25, -0.2) is 0 Å². The quantitative estimate of drug-likeness (QED) is 0.784. The van der Waals surface area contributed by atoms with E-state index in [1.165, 1.54) is 19.3 Å². The van der Waals surface area contributed by atoms with Gasteiger partial charge >= 0.3 is 0 Å². The summed E-state index contributed by atoms with van der Waals surface area (Å²) < 4.78 is 0.224. The van der Waals surface area contributed by atoms with E-state index in [0.29, 0.717) is 0 Å². The van der Waals surface area contributed by atoms with Gasteiger partial charge in [0.05, 0.1) is 0 Å². The number of ketones is 1. The Labute approximate surface area is 98.6 Å². The van der Waals surface area contributed by atoms with E-state index in [1.807, 2.05) is 0 Å². The van der Waals surface area contributed by atoms with Crippen molar-refractivity contribution in [2.24, 2.45) is 17.3 Å². The van der Waals surface area contributed by atoms with Gasteiger partial charge < -0.3 is 5.11 Å². The summed E-state index contributed by atoms with van der Waals surface area (Å²) in [4.78, 5) is 11.9. The number of alkyl halides is 1. The van der Waals surface area contributed by atoms with Crippen LogP contribution in [0, 0.1) is 17.3 Å². The molecule has 4 atom stereocenters. The molecule has 0 heterocycles. The number of aliphatic hydroxyl groups excluding tert-OH is 1. The minimum atomic E-state index is -0.261. The van der Waals surface area contributed by atoms with Gasteiger partial charge in [-0.1, -0.05) is 15.9 Å². The zero-order chi connectivity index (χ0) is 10.7. The van der Waals surface area contributed by atoms with E-state index in [0.717, 1.165) is 31.1 Å². The maximum atomic E-state index is 11.9. The summed E-state index contributed by atoms with van der Waals surface area (Å²) in [5.74, 6) is 1.54. The van der Waals surface area contributed by atoms with Crippen LogP contribution in [0.3, 0.4) is 0 Å². The Morgan fingerprint density at radius 1 is 1.27 bits per heavy atom. The highest BCUT2D eigenvalue weighted by Gasteiger charge is 2.59. The number of halogens is 1. The molecule has 84 valence electrons. The molecule has 2 unspecified atom stereocenters. The molecule has 0 saturated heterocycles. The van der Waals surface area contributed by atoms with E-state index in [4.69, 9.17) is 5.11 Å². The molecule has 1 N–H and O–H groups in total. The maximum absolute atomic E-state index is 11.9. The van der Waals surface area contributed by atoms with Crippen molar-refractivity contribution in [1.82, 2.24) is 0 Å². The van der Waals surface area contributed by atoms with Gasteiger partial charge in [0.15, 0.2) is 5.78 Å². The predicted octanol–water partition coefficient (Wildman–Crippen LogP) is 2.28. The fourth-order valence-electron chi connectivity index (χ4n) is 4.64. The third-order valence-electron chi connectivity index (χ3n) is 4.72. The molecule has 0 amide bonds. The second kappa shape index (κ2) is 3.07. The molecular weight excluding hydrogens is 256 g/mol. The molecule has 0 aliphatic heterocycles. The summed E-state index contributed by atoms with van der Waals surface area (Å²) in [7, 11) is 0. The summed E-state index contributed by atoms with van der Waals surface area (Å²) in [6, 6.07) is 0. The molecule has 4 aliphatic rings. The second-order valence-electron chi connectivity index (χ2n) is 5.97. The average Bonchev–Trinajstić information content (AvgIpc) is 2.12. The van der Waals surface area contributed by atoms with Crippen molar-refractivity contribution in [3.05, 3.63) is 0 Å². The first kappa shape index (κ1) is 10.3. The monoisotopic (exact) mass is 272 g/mol. The highest BCUT2D eigenvalue weighted by atomic mass is 79.9. The van der Waals surface area contributed by atoms with E-state index < -0.39 is 0 Å². The standard InChI is InChI=1S/C12H17BrO2/c13-12-4-8-1-9(5-12)3-11(2-8,7-12)10(15)6-14/h8-9,14H,1-7H2/t8-,9+,11?,12?. The largest absolute Gasteiger partial charge is 0.389 e. The number of aliphatic hydroxyl groups is 1. The molecule has 0 aromatic rings. The number of hydrogen-bond acceptors (Lipinski definition) is 2. The van der Waals surface area contributed by atoms with E-state index in [-0.39, 0.29) is 22.1 Å². The Kier molecular flexibility index (Phi) is 2.10. The SMILES string of the molecule is O=C(CO)C12C[C@@H]3C[C@@H](CC(Br)(C3)C1)C2. The van der Waals surface area contributed by atoms with Crippen molar-refractivity contribution < 1.29 is 9.90 Å². The van der Waals surface area contributed by atoms with Gasteiger partial charge in [0.25, 0.3) is 0 Å². The van der Waals surface area contributed by atoms with Gasteiger partial charge in [0.1, 0.15) is 6.61 Å². The summed E-state index contributed by atoms with van der Waals surface area (Å²) in [5, 5.41) is 9.11. The van der Waals surface area contributed by atoms with Crippen molar-refractivity contribution in [2.75, 3.05) is 6.61 Å². The molecule has 4 rings (SSSR count). The zero-order valence-corrected chi connectivity index (χ0v) is 10.4. The molecule has 0 radical (unpaired) electrons. The summed E-state index contributed by atoms with van der Waals surface area (Å²) >= 11 is 3.86. The summed E-state index contributed by atoms with van der Waals surface area (Å²) in [6.07, 6.45) is 6.83. The van der Waals surface area contributed by atoms with E-state index in [2.05, 4.69) is 15.9 Å². The molecule has 0 aromatic heterocycles. The van der Waals surface area contributed by atoms with Crippen molar-refractivity contribution in [3.63, 3.8) is 0 Å². The van der Waals surface area contributed by atoms with Crippen LogP contribution in [0.2, 0.25) is 0 Å². The number of Topliss-reactive ketones (excluding diaryl/α,β-unsaturated/α-hetero) is 1. The first-order valence-corrected chi connectivity index (χ1v) is 6.68. The maximum Gasteiger partial charge on any atom is 0.164 e. The van der Waals surface area contributed by atoms with Crippen molar-refractivity contribution in [1.29, 1.82) is 0 Å². The lowest BCUT2D eigenvalue weighted by Gasteiger charge is -2.59. The normalized spacial score (nSPS) is 52.1. The third kappa shape index (κ3) is 1.42. The minimum absolute atomic E-state index is 0.0976. The molecule has 4 aliphatic carbocycles. The average molecular weight is 273 g/mol. The summed E-state index contributed by atoms with van der Waals surface area (Å²) in [6.45, 7) is -0.261. The van der Waals surface area contributed by atoms with E-state index in [1.54, 1.807) is 0 Å². The molecule has 0 spiro atoms. The van der Waals surface area contributed by atoms with Crippen LogP contribution < -0.4 is 0 Å². The number of rotatable bonds is 2. The highest BCUT2D eigenvalue weighted by Crippen LogP contribution is 2.64. The van der Waals surface area contributed by atoms with Crippen LogP contribution in [0.4, 0.5) is 0 Å². The third-order valence-corrected chi connectivity index (χ3v) is 5.65. The van der Waals surface area contributed by atoms with Gasteiger partial charge in [-0.05, 0) is 50.4 Å².